The molecule has 0 spiro atoms. The standard InChI is InChI=1S/C20H31N3O3/c1-4-26-20(25)17-14(2)18(21-15(17)3)19(24)23-12-8-16(9-13-23)22-10-6-5-7-11-22/h16,21H,4-13H2,1-3H3. The number of hydrogen-bond acceptors (Lipinski definition) is 4. The summed E-state index contributed by atoms with van der Waals surface area (Å²) in [5, 5.41) is 0. The minimum absolute atomic E-state index is 0.00163. The van der Waals surface area contributed by atoms with Crippen LogP contribution in [0.3, 0.4) is 0 Å². The number of piperidine rings is 2. The van der Waals surface area contributed by atoms with Crippen LogP contribution in [0.2, 0.25) is 0 Å². The SMILES string of the molecule is CCOC(=O)c1c(C)[nH]c(C(=O)N2CCC(N3CCCCC3)CC2)c1C. The summed E-state index contributed by atoms with van der Waals surface area (Å²) >= 11 is 0. The Kier molecular flexibility index (Phi) is 6.01. The van der Waals surface area contributed by atoms with E-state index in [0.717, 1.165) is 25.9 Å². The topological polar surface area (TPSA) is 65.6 Å². The Morgan fingerprint density at radius 1 is 1.08 bits per heavy atom. The smallest absolute Gasteiger partial charge is 0.340 e. The van der Waals surface area contributed by atoms with Gasteiger partial charge in [0.1, 0.15) is 5.69 Å². The lowest BCUT2D eigenvalue weighted by molar-refractivity contribution is 0.0525. The first-order valence-electron chi connectivity index (χ1n) is 9.92. The molecule has 0 aliphatic carbocycles. The molecule has 2 saturated heterocycles. The zero-order valence-corrected chi connectivity index (χ0v) is 16.3. The van der Waals surface area contributed by atoms with E-state index in [9.17, 15) is 9.59 Å². The molecule has 0 atom stereocenters. The van der Waals surface area contributed by atoms with E-state index >= 15 is 0 Å². The van der Waals surface area contributed by atoms with Crippen LogP contribution in [0.1, 0.15) is 71.1 Å². The molecule has 1 amide bonds. The number of H-pyrrole nitrogens is 1. The molecule has 2 fully saturated rings. The fourth-order valence-electron chi connectivity index (χ4n) is 4.35. The number of amides is 1. The van der Waals surface area contributed by atoms with E-state index in [2.05, 4.69) is 9.88 Å². The molecule has 26 heavy (non-hydrogen) atoms. The summed E-state index contributed by atoms with van der Waals surface area (Å²) in [4.78, 5) is 32.8. The highest BCUT2D eigenvalue weighted by atomic mass is 16.5. The molecule has 3 heterocycles. The van der Waals surface area contributed by atoms with Crippen molar-refractivity contribution in [2.75, 3.05) is 32.8 Å². The van der Waals surface area contributed by atoms with Crippen LogP contribution >= 0.6 is 0 Å². The number of nitrogens with one attached hydrogen (secondary N) is 1. The quantitative estimate of drug-likeness (QED) is 0.838. The fourth-order valence-corrected chi connectivity index (χ4v) is 4.35. The van der Waals surface area contributed by atoms with Gasteiger partial charge in [-0.2, -0.15) is 0 Å². The Balaban J connectivity index is 1.65. The number of ether oxygens (including phenoxy) is 1. The van der Waals surface area contributed by atoms with Gasteiger partial charge in [0.05, 0.1) is 12.2 Å². The third kappa shape index (κ3) is 3.80. The summed E-state index contributed by atoms with van der Waals surface area (Å²) in [6, 6.07) is 0.612. The molecule has 6 nitrogen and oxygen atoms in total. The van der Waals surface area contributed by atoms with Crippen molar-refractivity contribution in [3.63, 3.8) is 0 Å². The van der Waals surface area contributed by atoms with Gasteiger partial charge in [0.2, 0.25) is 0 Å². The van der Waals surface area contributed by atoms with Gasteiger partial charge in [-0.05, 0) is 65.1 Å². The van der Waals surface area contributed by atoms with Crippen molar-refractivity contribution in [3.05, 3.63) is 22.5 Å². The number of nitrogens with zero attached hydrogens (tertiary/aromatic N) is 2. The van der Waals surface area contributed by atoms with Gasteiger partial charge in [-0.3, -0.25) is 4.79 Å². The number of carbonyl (C=O) groups excluding carboxylic acids is 2. The lowest BCUT2D eigenvalue weighted by Crippen LogP contribution is -2.48. The van der Waals surface area contributed by atoms with Crippen molar-refractivity contribution < 1.29 is 14.3 Å². The van der Waals surface area contributed by atoms with Crippen LogP contribution in [-0.2, 0) is 4.74 Å². The average molecular weight is 361 g/mol. The maximum absolute atomic E-state index is 13.0. The summed E-state index contributed by atoms with van der Waals surface area (Å²) in [7, 11) is 0. The largest absolute Gasteiger partial charge is 0.462 e. The highest BCUT2D eigenvalue weighted by Crippen LogP contribution is 2.24. The molecular formula is C20H31N3O3. The number of likely N-dealkylation sites (tertiary alicyclic amines) is 2. The second-order valence-corrected chi connectivity index (χ2v) is 7.47. The lowest BCUT2D eigenvalue weighted by atomic mass is 9.99. The predicted molar refractivity (Wildman–Crippen MR) is 101 cm³/mol. The van der Waals surface area contributed by atoms with Crippen LogP contribution in [0.15, 0.2) is 0 Å². The minimum atomic E-state index is -0.360. The minimum Gasteiger partial charge on any atom is -0.462 e. The van der Waals surface area contributed by atoms with Crippen molar-refractivity contribution in [2.24, 2.45) is 0 Å². The summed E-state index contributed by atoms with van der Waals surface area (Å²) in [6.07, 6.45) is 6.03. The Labute approximate surface area is 155 Å². The van der Waals surface area contributed by atoms with Crippen molar-refractivity contribution in [2.45, 2.75) is 58.9 Å². The number of rotatable bonds is 4. The van der Waals surface area contributed by atoms with E-state index in [1.165, 1.54) is 32.4 Å². The number of aromatic amines is 1. The lowest BCUT2D eigenvalue weighted by Gasteiger charge is -2.40. The fraction of sp³-hybridized carbons (Fsp3) is 0.700. The molecule has 0 unspecified atom stereocenters. The first kappa shape index (κ1) is 19.0. The van der Waals surface area contributed by atoms with Gasteiger partial charge in [-0.15, -0.1) is 0 Å². The van der Waals surface area contributed by atoms with E-state index in [0.29, 0.717) is 35.2 Å². The first-order valence-corrected chi connectivity index (χ1v) is 9.92. The van der Waals surface area contributed by atoms with E-state index in [4.69, 9.17) is 4.74 Å². The zero-order valence-electron chi connectivity index (χ0n) is 16.3. The molecular weight excluding hydrogens is 330 g/mol. The summed E-state index contributed by atoms with van der Waals surface area (Å²) in [6.45, 7) is 9.73. The number of carbonyl (C=O) groups is 2. The molecule has 144 valence electrons. The van der Waals surface area contributed by atoms with Gasteiger partial charge in [-0.25, -0.2) is 4.79 Å². The molecule has 6 heteroatoms. The van der Waals surface area contributed by atoms with Gasteiger partial charge in [0, 0.05) is 24.8 Å². The maximum Gasteiger partial charge on any atom is 0.340 e. The molecule has 1 aromatic rings. The molecule has 1 N–H and O–H groups in total. The van der Waals surface area contributed by atoms with Crippen LogP contribution in [0, 0.1) is 13.8 Å². The summed E-state index contributed by atoms with van der Waals surface area (Å²) in [5.41, 5.74) is 2.43. The normalized spacial score (nSPS) is 19.6. The number of aromatic nitrogens is 1. The molecule has 0 aromatic carbocycles. The number of aryl methyl sites for hydroxylation is 1. The van der Waals surface area contributed by atoms with Crippen molar-refractivity contribution >= 4 is 11.9 Å². The molecule has 3 rings (SSSR count). The van der Waals surface area contributed by atoms with E-state index in [-0.39, 0.29) is 11.9 Å². The third-order valence-electron chi connectivity index (χ3n) is 5.79. The van der Waals surface area contributed by atoms with Gasteiger partial charge < -0.3 is 19.5 Å². The van der Waals surface area contributed by atoms with E-state index < -0.39 is 0 Å². The Morgan fingerprint density at radius 3 is 2.35 bits per heavy atom. The molecule has 0 saturated carbocycles. The first-order chi connectivity index (χ1) is 12.5. The monoisotopic (exact) mass is 361 g/mol. The highest BCUT2D eigenvalue weighted by molar-refractivity contribution is 6.00. The molecule has 1 aromatic heterocycles. The van der Waals surface area contributed by atoms with Crippen LogP contribution in [0.4, 0.5) is 0 Å². The van der Waals surface area contributed by atoms with E-state index in [1.54, 1.807) is 6.92 Å². The zero-order chi connectivity index (χ0) is 18.7. The number of esters is 1. The Morgan fingerprint density at radius 2 is 1.73 bits per heavy atom. The predicted octanol–water partition coefficient (Wildman–Crippen LogP) is 2.90. The highest BCUT2D eigenvalue weighted by Gasteiger charge is 2.30. The Bertz CT molecular complexity index is 654. The third-order valence-corrected chi connectivity index (χ3v) is 5.79. The molecule has 0 radical (unpaired) electrons. The van der Waals surface area contributed by atoms with Gasteiger partial charge in [0.25, 0.3) is 5.91 Å². The maximum atomic E-state index is 13.0. The summed E-state index contributed by atoms with van der Waals surface area (Å²) in [5.74, 6) is -0.361. The van der Waals surface area contributed by atoms with Gasteiger partial charge in [-0.1, -0.05) is 6.42 Å². The van der Waals surface area contributed by atoms with Crippen LogP contribution in [-0.4, -0.2) is 65.5 Å². The van der Waals surface area contributed by atoms with Crippen molar-refractivity contribution in [3.8, 4) is 0 Å². The molecule has 0 bridgehead atoms. The summed E-state index contributed by atoms with van der Waals surface area (Å²) < 4.78 is 5.12. The second-order valence-electron chi connectivity index (χ2n) is 7.47. The number of hydrogen-bond donors (Lipinski definition) is 1. The van der Waals surface area contributed by atoms with Crippen molar-refractivity contribution in [1.29, 1.82) is 0 Å². The molecule has 2 aliphatic rings. The van der Waals surface area contributed by atoms with Crippen LogP contribution in [0.5, 0.6) is 0 Å². The second kappa shape index (κ2) is 8.25. The van der Waals surface area contributed by atoms with Gasteiger partial charge in [0.15, 0.2) is 0 Å². The van der Waals surface area contributed by atoms with E-state index in [1.807, 2.05) is 18.7 Å². The van der Waals surface area contributed by atoms with Gasteiger partial charge >= 0.3 is 5.97 Å². The Hall–Kier alpha value is -1.82. The van der Waals surface area contributed by atoms with Crippen molar-refractivity contribution in [1.82, 2.24) is 14.8 Å². The van der Waals surface area contributed by atoms with Crippen LogP contribution in [0.25, 0.3) is 0 Å². The average Bonchev–Trinajstić information content (AvgIpc) is 2.96. The van der Waals surface area contributed by atoms with Crippen LogP contribution < -0.4 is 0 Å². The molecule has 2 aliphatic heterocycles.